The molecule has 0 aromatic heterocycles. The quantitative estimate of drug-likeness (QED) is 0.238. The van der Waals surface area contributed by atoms with Gasteiger partial charge in [0.05, 0.1) is 0 Å². The van der Waals surface area contributed by atoms with Crippen LogP contribution in [0.15, 0.2) is 0 Å². The minimum Gasteiger partial charge on any atom is -0.759 e. The molecule has 0 aromatic carbocycles. The van der Waals surface area contributed by atoms with Crippen molar-refractivity contribution in [2.24, 2.45) is 0 Å². The van der Waals surface area contributed by atoms with Crippen LogP contribution >= 0.6 is 0 Å². The molecule has 0 fully saturated rings. The predicted molar refractivity (Wildman–Crippen MR) is 21.2 cm³/mol. The van der Waals surface area contributed by atoms with Crippen LogP contribution < -0.4 is 34.7 Å². The van der Waals surface area contributed by atoms with E-state index in [1.165, 1.54) is 0 Å². The Kier molecular flexibility index (Phi) is 22.6. The first-order valence-electron chi connectivity index (χ1n) is 1.57. The minimum absolute atomic E-state index is 0. The van der Waals surface area contributed by atoms with Crippen LogP contribution in [0.5, 0.6) is 0 Å². The first-order chi connectivity index (χ1) is 3.73. The molecule has 11 heavy (non-hydrogen) atoms. The molecular formula is C2H3NaO6SZn. The van der Waals surface area contributed by atoms with E-state index in [-0.39, 0.29) is 49.0 Å². The second kappa shape index (κ2) is 11.0. The molecule has 0 bridgehead atoms. The van der Waals surface area contributed by atoms with Gasteiger partial charge in [-0.15, -0.1) is 0 Å². The van der Waals surface area contributed by atoms with E-state index in [1.54, 1.807) is 0 Å². The fraction of sp³-hybridized carbons (Fsp3) is 0.500. The number of hydrogen-bond acceptors (Lipinski definition) is 6. The average molecular weight is 243 g/mol. The molecule has 0 amide bonds. The summed E-state index contributed by atoms with van der Waals surface area (Å²) in [5, 5.41) is 8.89. The molecule has 0 saturated heterocycles. The summed E-state index contributed by atoms with van der Waals surface area (Å²) in [6.07, 6.45) is 0. The third-order valence-electron chi connectivity index (χ3n) is 0. The Labute approximate surface area is 99.0 Å². The molecule has 0 rings (SSSR count). The maximum absolute atomic E-state index is 8.89. The number of carbonyl (C=O) groups excluding carboxylic acids is 1. The van der Waals surface area contributed by atoms with Gasteiger partial charge >= 0.3 is 49.0 Å². The maximum atomic E-state index is 8.89. The zero-order chi connectivity index (χ0) is 8.08. The van der Waals surface area contributed by atoms with Crippen molar-refractivity contribution in [1.82, 2.24) is 0 Å². The van der Waals surface area contributed by atoms with Gasteiger partial charge in [0.1, 0.15) is 0 Å². The number of rotatable bonds is 0. The number of hydrogen-bond donors (Lipinski definition) is 0. The van der Waals surface area contributed by atoms with E-state index < -0.39 is 16.4 Å². The van der Waals surface area contributed by atoms with E-state index >= 15 is 0 Å². The molecule has 56 valence electrons. The molecule has 0 atom stereocenters. The molecule has 0 aliphatic carbocycles. The summed E-state index contributed by atoms with van der Waals surface area (Å²) in [5.74, 6) is -1.08. The van der Waals surface area contributed by atoms with E-state index in [9.17, 15) is 0 Å². The van der Waals surface area contributed by atoms with Crippen molar-refractivity contribution in [2.45, 2.75) is 6.92 Å². The van der Waals surface area contributed by atoms with Crippen molar-refractivity contribution in [1.29, 1.82) is 0 Å². The van der Waals surface area contributed by atoms with Crippen molar-refractivity contribution >= 4 is 16.4 Å². The van der Waals surface area contributed by atoms with Crippen LogP contribution in [0.25, 0.3) is 0 Å². The zero-order valence-electron chi connectivity index (χ0n) is 6.06. The van der Waals surface area contributed by atoms with E-state index in [2.05, 4.69) is 0 Å². The minimum atomic E-state index is -5.17. The van der Waals surface area contributed by atoms with Gasteiger partial charge in [0.15, 0.2) is 0 Å². The van der Waals surface area contributed by atoms with Crippen LogP contribution in [-0.2, 0) is 34.7 Å². The summed E-state index contributed by atoms with van der Waals surface area (Å²) < 4.78 is 34.1. The first kappa shape index (κ1) is 22.7. The SMILES string of the molecule is CC(=O)[O-].O=S(=O)([O-])[O-].[Na+].[Zn+2]. The van der Waals surface area contributed by atoms with Gasteiger partial charge in [0.25, 0.3) is 0 Å². The molecule has 0 spiro atoms. The fourth-order valence-corrected chi connectivity index (χ4v) is 0. The monoisotopic (exact) mass is 242 g/mol. The fourth-order valence-electron chi connectivity index (χ4n) is 0. The van der Waals surface area contributed by atoms with Gasteiger partial charge in [0.2, 0.25) is 0 Å². The van der Waals surface area contributed by atoms with E-state index in [0.29, 0.717) is 0 Å². The molecule has 0 unspecified atom stereocenters. The Bertz CT molecular complexity index is 163. The number of carboxylic acid groups (broad SMARTS) is 1. The Morgan fingerprint density at radius 2 is 1.27 bits per heavy atom. The third kappa shape index (κ3) is 949. The van der Waals surface area contributed by atoms with Crippen molar-refractivity contribution in [3.8, 4) is 0 Å². The number of aliphatic carboxylic acids is 1. The molecule has 0 aliphatic rings. The van der Waals surface area contributed by atoms with E-state index in [0.717, 1.165) is 6.92 Å². The van der Waals surface area contributed by atoms with Crippen LogP contribution in [0, 0.1) is 0 Å². The van der Waals surface area contributed by atoms with Crippen LogP contribution in [0.2, 0.25) is 0 Å². The molecule has 0 N–H and O–H groups in total. The van der Waals surface area contributed by atoms with Gasteiger partial charge in [-0.3, -0.25) is 8.42 Å². The topological polar surface area (TPSA) is 120 Å². The first-order valence-corrected chi connectivity index (χ1v) is 2.91. The second-order valence-electron chi connectivity index (χ2n) is 0.900. The van der Waals surface area contributed by atoms with Crippen molar-refractivity contribution in [3.05, 3.63) is 0 Å². The number of carboxylic acids is 1. The summed E-state index contributed by atoms with van der Waals surface area (Å²) in [7, 11) is -5.17. The van der Waals surface area contributed by atoms with E-state index in [1.807, 2.05) is 0 Å². The average Bonchev–Trinajstić information content (AvgIpc) is 1.19. The van der Waals surface area contributed by atoms with Crippen molar-refractivity contribution in [2.75, 3.05) is 0 Å². The van der Waals surface area contributed by atoms with Gasteiger partial charge in [-0.05, 0) is 6.92 Å². The van der Waals surface area contributed by atoms with Gasteiger partial charge in [-0.2, -0.15) is 0 Å². The maximum Gasteiger partial charge on any atom is 2.00 e. The van der Waals surface area contributed by atoms with Crippen molar-refractivity contribution in [3.63, 3.8) is 0 Å². The summed E-state index contributed by atoms with van der Waals surface area (Å²) in [5.41, 5.74) is 0. The standard InChI is InChI=1S/C2H4O2.Na.H2O4S.Zn/c1-2(3)4;;1-5(2,3)4;/h1H3,(H,3,4);;(H2,1,2,3,4);/q;+1;;+2/p-3. The van der Waals surface area contributed by atoms with Gasteiger partial charge in [-0.1, -0.05) is 0 Å². The van der Waals surface area contributed by atoms with Crippen LogP contribution in [-0.4, -0.2) is 23.5 Å². The molecule has 6 nitrogen and oxygen atoms in total. The summed E-state index contributed by atoms with van der Waals surface area (Å²) in [6, 6.07) is 0. The van der Waals surface area contributed by atoms with Gasteiger partial charge < -0.3 is 19.0 Å². The van der Waals surface area contributed by atoms with Crippen LogP contribution in [0.1, 0.15) is 6.92 Å². The normalized spacial score (nSPS) is 7.55. The number of carbonyl (C=O) groups is 1. The molecule has 9 heteroatoms. The van der Waals surface area contributed by atoms with Crippen LogP contribution in [0.4, 0.5) is 0 Å². The predicted octanol–water partition coefficient (Wildman–Crippen LogP) is -5.58. The molecule has 0 heterocycles. The Hall–Kier alpha value is 0.963. The second-order valence-corrected chi connectivity index (χ2v) is 1.72. The third-order valence-corrected chi connectivity index (χ3v) is 0. The molecular weight excluding hydrogens is 240 g/mol. The van der Waals surface area contributed by atoms with Gasteiger partial charge in [-0.25, -0.2) is 0 Å². The summed E-state index contributed by atoms with van der Waals surface area (Å²) in [4.78, 5) is 8.89. The molecule has 0 radical (unpaired) electrons. The zero-order valence-corrected chi connectivity index (χ0v) is 11.8. The Morgan fingerprint density at radius 3 is 1.27 bits per heavy atom. The van der Waals surface area contributed by atoms with E-state index in [4.69, 9.17) is 27.4 Å². The largest absolute Gasteiger partial charge is 2.00 e. The molecule has 0 aromatic rings. The van der Waals surface area contributed by atoms with Crippen LogP contribution in [0.3, 0.4) is 0 Å². The molecule has 0 aliphatic heterocycles. The summed E-state index contributed by atoms with van der Waals surface area (Å²) >= 11 is 0. The smallest absolute Gasteiger partial charge is 0.759 e. The van der Waals surface area contributed by atoms with Gasteiger partial charge in [0, 0.05) is 16.4 Å². The van der Waals surface area contributed by atoms with Crippen molar-refractivity contribution < 1.29 is 76.5 Å². The molecule has 0 saturated carbocycles. The Morgan fingerprint density at radius 1 is 1.27 bits per heavy atom. The summed E-state index contributed by atoms with van der Waals surface area (Å²) in [6.45, 7) is 0.972. The Balaban J connectivity index is -0.0000000383.